The second kappa shape index (κ2) is 8.43. The van der Waals surface area contributed by atoms with Crippen LogP contribution in [0.3, 0.4) is 0 Å². The number of thioether (sulfide) groups is 1. The maximum absolute atomic E-state index is 4.35. The van der Waals surface area contributed by atoms with Gasteiger partial charge in [0.25, 0.3) is 0 Å². The number of rotatable bonds is 8. The Bertz CT molecular complexity index is 699. The lowest BCUT2D eigenvalue weighted by molar-refractivity contribution is 0.626. The van der Waals surface area contributed by atoms with Crippen LogP contribution < -0.4 is 0 Å². The molecule has 6 heteroatoms. The molecule has 0 bridgehead atoms. The molecule has 0 aromatic carbocycles. The summed E-state index contributed by atoms with van der Waals surface area (Å²) in [7, 11) is 0. The van der Waals surface area contributed by atoms with E-state index in [1.54, 1.807) is 18.1 Å². The summed E-state index contributed by atoms with van der Waals surface area (Å²) in [6.45, 7) is 0.858. The van der Waals surface area contributed by atoms with Gasteiger partial charge in [0.05, 0.1) is 0 Å². The Morgan fingerprint density at radius 3 is 2.74 bits per heavy atom. The topological polar surface area (TPSA) is 56.5 Å². The fourth-order valence-corrected chi connectivity index (χ4v) is 3.16. The summed E-state index contributed by atoms with van der Waals surface area (Å²) in [5.41, 5.74) is 2.42. The van der Waals surface area contributed by atoms with Crippen LogP contribution in [0.15, 0.2) is 60.4 Å². The van der Waals surface area contributed by atoms with Crippen molar-refractivity contribution in [3.05, 3.63) is 66.5 Å². The van der Waals surface area contributed by atoms with Crippen LogP contribution in [0.25, 0.3) is 0 Å². The van der Waals surface area contributed by atoms with E-state index in [4.69, 9.17) is 0 Å². The molecule has 0 saturated carbocycles. The van der Waals surface area contributed by atoms with Gasteiger partial charge in [-0.2, -0.15) is 0 Å². The summed E-state index contributed by atoms with van der Waals surface area (Å²) in [6.07, 6.45) is 10.4. The number of aryl methyl sites for hydroxylation is 3. The first-order chi connectivity index (χ1) is 11.4. The zero-order valence-electron chi connectivity index (χ0n) is 12.9. The average Bonchev–Trinajstić information content (AvgIpc) is 3.06. The second-order valence-electron chi connectivity index (χ2n) is 5.19. The van der Waals surface area contributed by atoms with Crippen molar-refractivity contribution in [3.8, 4) is 0 Å². The Hall–Kier alpha value is -2.21. The molecule has 0 aliphatic rings. The van der Waals surface area contributed by atoms with E-state index < -0.39 is 0 Å². The summed E-state index contributed by atoms with van der Waals surface area (Å²) in [5, 5.41) is 9.24. The highest BCUT2D eigenvalue weighted by Crippen LogP contribution is 2.17. The zero-order chi connectivity index (χ0) is 15.7. The molecule has 0 saturated heterocycles. The van der Waals surface area contributed by atoms with Crippen molar-refractivity contribution < 1.29 is 0 Å². The molecule has 0 aliphatic carbocycles. The van der Waals surface area contributed by atoms with Crippen LogP contribution in [0.2, 0.25) is 0 Å². The summed E-state index contributed by atoms with van der Waals surface area (Å²) in [6, 6.07) is 10.1. The third-order valence-electron chi connectivity index (χ3n) is 3.51. The molecule has 0 fully saturated rings. The van der Waals surface area contributed by atoms with E-state index in [9.17, 15) is 0 Å². The van der Waals surface area contributed by atoms with Gasteiger partial charge >= 0.3 is 0 Å². The van der Waals surface area contributed by atoms with Crippen LogP contribution in [-0.4, -0.2) is 30.5 Å². The molecule has 0 aliphatic heterocycles. The predicted molar refractivity (Wildman–Crippen MR) is 91.2 cm³/mol. The van der Waals surface area contributed by atoms with Gasteiger partial charge in [0.2, 0.25) is 0 Å². The highest BCUT2D eigenvalue weighted by Gasteiger charge is 2.05. The van der Waals surface area contributed by atoms with Gasteiger partial charge in [-0.25, -0.2) is 0 Å². The highest BCUT2D eigenvalue weighted by atomic mass is 32.2. The van der Waals surface area contributed by atoms with Crippen LogP contribution in [0.5, 0.6) is 0 Å². The van der Waals surface area contributed by atoms with Crippen LogP contribution in [-0.2, 0) is 19.4 Å². The molecule has 3 aromatic rings. The summed E-state index contributed by atoms with van der Waals surface area (Å²) in [4.78, 5) is 8.39. The van der Waals surface area contributed by atoms with E-state index >= 15 is 0 Å². The Balaban J connectivity index is 1.45. The highest BCUT2D eigenvalue weighted by molar-refractivity contribution is 7.99. The monoisotopic (exact) mass is 325 g/mol. The van der Waals surface area contributed by atoms with Crippen LogP contribution in [0.1, 0.15) is 17.7 Å². The molecule has 3 rings (SSSR count). The number of hydrogen-bond donors (Lipinski definition) is 0. The second-order valence-corrected chi connectivity index (χ2v) is 6.25. The maximum Gasteiger partial charge on any atom is 0.191 e. The normalized spacial score (nSPS) is 10.8. The Labute approximate surface area is 140 Å². The third kappa shape index (κ3) is 4.89. The molecule has 118 valence electrons. The number of aromatic nitrogens is 5. The first kappa shape index (κ1) is 15.7. The van der Waals surface area contributed by atoms with Gasteiger partial charge in [-0.3, -0.25) is 9.97 Å². The number of hydrogen-bond acceptors (Lipinski definition) is 5. The number of pyridine rings is 2. The molecule has 0 N–H and O–H groups in total. The van der Waals surface area contributed by atoms with E-state index in [1.807, 2.05) is 36.8 Å². The lowest BCUT2D eigenvalue weighted by Crippen LogP contribution is -2.03. The fraction of sp³-hybridized carbons (Fsp3) is 0.294. The molecule has 0 radical (unpaired) electrons. The van der Waals surface area contributed by atoms with Gasteiger partial charge in [-0.05, 0) is 42.7 Å². The number of nitrogens with zero attached hydrogens (tertiary/aromatic N) is 5. The lowest BCUT2D eigenvalue weighted by atomic mass is 10.2. The third-order valence-corrected chi connectivity index (χ3v) is 4.57. The van der Waals surface area contributed by atoms with Gasteiger partial charge < -0.3 is 4.57 Å². The van der Waals surface area contributed by atoms with Crippen molar-refractivity contribution in [1.29, 1.82) is 0 Å². The molecule has 3 aromatic heterocycles. The summed E-state index contributed by atoms with van der Waals surface area (Å²) < 4.78 is 2.10. The van der Waals surface area contributed by atoms with E-state index in [2.05, 4.69) is 36.9 Å². The molecule has 3 heterocycles. The van der Waals surface area contributed by atoms with Gasteiger partial charge in [0.1, 0.15) is 6.33 Å². The largest absolute Gasteiger partial charge is 0.308 e. The van der Waals surface area contributed by atoms with Crippen LogP contribution in [0.4, 0.5) is 0 Å². The average molecular weight is 325 g/mol. The molecule has 0 unspecified atom stereocenters. The minimum absolute atomic E-state index is 0.858. The Morgan fingerprint density at radius 1 is 1.00 bits per heavy atom. The van der Waals surface area contributed by atoms with Crippen LogP contribution >= 0.6 is 11.8 Å². The minimum Gasteiger partial charge on any atom is -0.308 e. The van der Waals surface area contributed by atoms with E-state index in [-0.39, 0.29) is 0 Å². The molecule has 0 spiro atoms. The van der Waals surface area contributed by atoms with Gasteiger partial charge in [-0.15, -0.1) is 10.2 Å². The van der Waals surface area contributed by atoms with Crippen molar-refractivity contribution in [2.45, 2.75) is 31.0 Å². The van der Waals surface area contributed by atoms with Crippen molar-refractivity contribution in [1.82, 2.24) is 24.7 Å². The Kier molecular flexibility index (Phi) is 5.75. The van der Waals surface area contributed by atoms with E-state index in [0.717, 1.165) is 42.4 Å². The minimum atomic E-state index is 0.858. The molecule has 0 amide bonds. The van der Waals surface area contributed by atoms with Gasteiger partial charge in [0.15, 0.2) is 5.16 Å². The molecule has 0 atom stereocenters. The Morgan fingerprint density at radius 2 is 1.91 bits per heavy atom. The van der Waals surface area contributed by atoms with Crippen molar-refractivity contribution >= 4 is 11.8 Å². The maximum atomic E-state index is 4.35. The lowest BCUT2D eigenvalue weighted by Gasteiger charge is -2.06. The summed E-state index contributed by atoms with van der Waals surface area (Å²) >= 11 is 1.76. The SMILES string of the molecule is c1ccc(CCn2cnnc2SCCCc2ccncc2)nc1. The van der Waals surface area contributed by atoms with Crippen molar-refractivity contribution in [2.24, 2.45) is 0 Å². The zero-order valence-corrected chi connectivity index (χ0v) is 13.7. The van der Waals surface area contributed by atoms with E-state index in [0.29, 0.717) is 0 Å². The predicted octanol–water partition coefficient (Wildman–Crippen LogP) is 3.04. The first-order valence-electron chi connectivity index (χ1n) is 7.71. The quantitative estimate of drug-likeness (QED) is 0.471. The molecule has 23 heavy (non-hydrogen) atoms. The van der Waals surface area contributed by atoms with E-state index in [1.165, 1.54) is 5.56 Å². The van der Waals surface area contributed by atoms with Gasteiger partial charge in [0, 0.05) is 43.0 Å². The molecule has 5 nitrogen and oxygen atoms in total. The first-order valence-corrected chi connectivity index (χ1v) is 8.70. The van der Waals surface area contributed by atoms with Crippen molar-refractivity contribution in [3.63, 3.8) is 0 Å². The molecular weight excluding hydrogens is 306 g/mol. The van der Waals surface area contributed by atoms with Crippen molar-refractivity contribution in [2.75, 3.05) is 5.75 Å². The smallest absolute Gasteiger partial charge is 0.191 e. The van der Waals surface area contributed by atoms with Gasteiger partial charge in [-0.1, -0.05) is 17.8 Å². The van der Waals surface area contributed by atoms with Crippen LogP contribution in [0, 0.1) is 0 Å². The standard InChI is InChI=1S/C17H19N5S/c1-2-9-19-16(5-1)8-12-22-14-20-21-17(22)23-13-3-4-15-6-10-18-11-7-15/h1-2,5-7,9-11,14H,3-4,8,12-13H2. The molecular formula is C17H19N5S. The fourth-order valence-electron chi connectivity index (χ4n) is 2.28. The summed E-state index contributed by atoms with van der Waals surface area (Å²) in [5.74, 6) is 1.03.